The molecule has 0 saturated heterocycles. The molecule has 0 heterocycles. The van der Waals surface area contributed by atoms with E-state index in [9.17, 15) is 5.11 Å². The van der Waals surface area contributed by atoms with E-state index in [4.69, 9.17) is 15.2 Å². The average Bonchev–Trinajstić information content (AvgIpc) is 2.52. The van der Waals surface area contributed by atoms with Crippen LogP contribution in [0.1, 0.15) is 16.7 Å². The Hall–Kier alpha value is -2.46. The first-order chi connectivity index (χ1) is 10.2. The molecule has 2 rings (SSSR count). The number of benzene rings is 2. The van der Waals surface area contributed by atoms with Gasteiger partial charge in [0, 0.05) is 0 Å². The molecule has 0 aliphatic rings. The van der Waals surface area contributed by atoms with Crippen molar-refractivity contribution in [3.63, 3.8) is 0 Å². The van der Waals surface area contributed by atoms with Crippen LogP contribution in [0.4, 0.5) is 5.69 Å². The van der Waals surface area contributed by atoms with Crippen LogP contribution in [-0.4, -0.2) is 19.3 Å². The SMILES string of the molecule is COc1cc(C=Cc2ccc(OC)c(N)c2)cc(CO)c1. The summed E-state index contributed by atoms with van der Waals surface area (Å²) in [5, 5.41) is 9.25. The van der Waals surface area contributed by atoms with Crippen molar-refractivity contribution in [2.45, 2.75) is 6.61 Å². The summed E-state index contributed by atoms with van der Waals surface area (Å²) in [6.45, 7) is -0.0203. The zero-order chi connectivity index (χ0) is 15.2. The zero-order valence-corrected chi connectivity index (χ0v) is 12.2. The van der Waals surface area contributed by atoms with Crippen molar-refractivity contribution in [2.24, 2.45) is 0 Å². The molecule has 0 spiro atoms. The number of ether oxygens (including phenoxy) is 2. The maximum atomic E-state index is 9.25. The maximum absolute atomic E-state index is 9.25. The van der Waals surface area contributed by atoms with E-state index in [-0.39, 0.29) is 6.61 Å². The Morgan fingerprint density at radius 3 is 2.38 bits per heavy atom. The predicted octanol–water partition coefficient (Wildman–Crippen LogP) is 2.95. The first-order valence-corrected chi connectivity index (χ1v) is 6.56. The van der Waals surface area contributed by atoms with Crippen LogP contribution in [-0.2, 0) is 6.61 Å². The van der Waals surface area contributed by atoms with Crippen LogP contribution in [0.25, 0.3) is 12.2 Å². The number of methoxy groups -OCH3 is 2. The molecule has 4 nitrogen and oxygen atoms in total. The minimum absolute atomic E-state index is 0.0203. The molecule has 4 heteroatoms. The van der Waals surface area contributed by atoms with Crippen LogP contribution < -0.4 is 15.2 Å². The van der Waals surface area contributed by atoms with Crippen LogP contribution in [0.2, 0.25) is 0 Å². The van der Waals surface area contributed by atoms with E-state index >= 15 is 0 Å². The second-order valence-corrected chi connectivity index (χ2v) is 4.61. The van der Waals surface area contributed by atoms with Gasteiger partial charge in [0.25, 0.3) is 0 Å². The molecule has 2 aromatic rings. The highest BCUT2D eigenvalue weighted by Crippen LogP contribution is 2.24. The number of aliphatic hydroxyl groups is 1. The van der Waals surface area contributed by atoms with Gasteiger partial charge in [0.1, 0.15) is 11.5 Å². The van der Waals surface area contributed by atoms with E-state index in [2.05, 4.69) is 0 Å². The van der Waals surface area contributed by atoms with E-state index in [0.717, 1.165) is 22.4 Å². The summed E-state index contributed by atoms with van der Waals surface area (Å²) in [5.41, 5.74) is 9.21. The van der Waals surface area contributed by atoms with Crippen LogP contribution >= 0.6 is 0 Å². The number of anilines is 1. The van der Waals surface area contributed by atoms with Gasteiger partial charge >= 0.3 is 0 Å². The third-order valence-corrected chi connectivity index (χ3v) is 3.13. The van der Waals surface area contributed by atoms with Crippen molar-refractivity contribution >= 4 is 17.8 Å². The van der Waals surface area contributed by atoms with Crippen molar-refractivity contribution in [3.8, 4) is 11.5 Å². The van der Waals surface area contributed by atoms with Crippen LogP contribution in [0, 0.1) is 0 Å². The van der Waals surface area contributed by atoms with Gasteiger partial charge in [-0.2, -0.15) is 0 Å². The van der Waals surface area contributed by atoms with Crippen molar-refractivity contribution in [2.75, 3.05) is 20.0 Å². The Morgan fingerprint density at radius 2 is 1.76 bits per heavy atom. The van der Waals surface area contributed by atoms with Crippen LogP contribution in [0.5, 0.6) is 11.5 Å². The minimum atomic E-state index is -0.0203. The van der Waals surface area contributed by atoms with E-state index in [1.54, 1.807) is 14.2 Å². The molecule has 0 aliphatic heterocycles. The van der Waals surface area contributed by atoms with Crippen molar-refractivity contribution in [1.82, 2.24) is 0 Å². The van der Waals surface area contributed by atoms with Crippen LogP contribution in [0.3, 0.4) is 0 Å². The number of hydrogen-bond acceptors (Lipinski definition) is 4. The van der Waals surface area contributed by atoms with Gasteiger partial charge < -0.3 is 20.3 Å². The molecule has 2 aromatic carbocycles. The van der Waals surface area contributed by atoms with Crippen molar-refractivity contribution < 1.29 is 14.6 Å². The zero-order valence-electron chi connectivity index (χ0n) is 12.2. The smallest absolute Gasteiger partial charge is 0.141 e. The molecule has 3 N–H and O–H groups in total. The minimum Gasteiger partial charge on any atom is -0.497 e. The number of nitrogen functional groups attached to an aromatic ring is 1. The molecule has 21 heavy (non-hydrogen) atoms. The first-order valence-electron chi connectivity index (χ1n) is 6.56. The highest BCUT2D eigenvalue weighted by atomic mass is 16.5. The number of hydrogen-bond donors (Lipinski definition) is 2. The topological polar surface area (TPSA) is 64.7 Å². The fraction of sp³-hybridized carbons (Fsp3) is 0.176. The monoisotopic (exact) mass is 285 g/mol. The lowest BCUT2D eigenvalue weighted by atomic mass is 10.1. The fourth-order valence-electron chi connectivity index (χ4n) is 2.04. The summed E-state index contributed by atoms with van der Waals surface area (Å²) in [4.78, 5) is 0. The van der Waals surface area contributed by atoms with Gasteiger partial charge in [-0.05, 0) is 47.0 Å². The Kier molecular flexibility index (Phi) is 4.85. The standard InChI is InChI=1S/C17H19NO3/c1-20-15-8-13(7-14(9-15)11-19)4-3-12-5-6-17(21-2)16(18)10-12/h3-10,19H,11,18H2,1-2H3. The molecule has 0 saturated carbocycles. The van der Waals surface area contributed by atoms with Crippen LogP contribution in [0.15, 0.2) is 36.4 Å². The Morgan fingerprint density at radius 1 is 1.00 bits per heavy atom. The van der Waals surface area contributed by atoms with Gasteiger partial charge in [-0.15, -0.1) is 0 Å². The number of nitrogens with two attached hydrogens (primary N) is 1. The predicted molar refractivity (Wildman–Crippen MR) is 85.3 cm³/mol. The lowest BCUT2D eigenvalue weighted by Crippen LogP contribution is -1.92. The van der Waals surface area contributed by atoms with Crippen molar-refractivity contribution in [1.29, 1.82) is 0 Å². The van der Waals surface area contributed by atoms with Gasteiger partial charge in [0.2, 0.25) is 0 Å². The normalized spacial score (nSPS) is 10.8. The largest absolute Gasteiger partial charge is 0.497 e. The Balaban J connectivity index is 2.26. The summed E-state index contributed by atoms with van der Waals surface area (Å²) in [6, 6.07) is 11.2. The quantitative estimate of drug-likeness (QED) is 0.655. The highest BCUT2D eigenvalue weighted by molar-refractivity contribution is 5.73. The summed E-state index contributed by atoms with van der Waals surface area (Å²) in [7, 11) is 3.20. The van der Waals surface area contributed by atoms with E-state index in [1.165, 1.54) is 0 Å². The Bertz CT molecular complexity index is 628. The summed E-state index contributed by atoms with van der Waals surface area (Å²) >= 11 is 0. The summed E-state index contributed by atoms with van der Waals surface area (Å²) < 4.78 is 10.3. The molecular formula is C17H19NO3. The molecule has 0 atom stereocenters. The molecule has 110 valence electrons. The second-order valence-electron chi connectivity index (χ2n) is 4.61. The third-order valence-electron chi connectivity index (χ3n) is 3.13. The average molecular weight is 285 g/mol. The molecule has 0 unspecified atom stereocenters. The molecule has 0 amide bonds. The highest BCUT2D eigenvalue weighted by Gasteiger charge is 2.00. The molecule has 0 aromatic heterocycles. The van der Waals surface area contributed by atoms with Gasteiger partial charge in [-0.3, -0.25) is 0 Å². The summed E-state index contributed by atoms with van der Waals surface area (Å²) in [5.74, 6) is 1.38. The third kappa shape index (κ3) is 3.77. The van der Waals surface area contributed by atoms with Crippen molar-refractivity contribution in [3.05, 3.63) is 53.1 Å². The Labute approximate surface area is 124 Å². The maximum Gasteiger partial charge on any atom is 0.141 e. The summed E-state index contributed by atoms with van der Waals surface area (Å²) in [6.07, 6.45) is 3.90. The first kappa shape index (κ1) is 14.9. The van der Waals surface area contributed by atoms with Gasteiger partial charge in [0.15, 0.2) is 0 Å². The molecule has 0 aliphatic carbocycles. The lowest BCUT2D eigenvalue weighted by Gasteiger charge is -2.06. The van der Waals surface area contributed by atoms with E-state index < -0.39 is 0 Å². The van der Waals surface area contributed by atoms with Gasteiger partial charge in [-0.1, -0.05) is 18.2 Å². The number of rotatable bonds is 5. The molecular weight excluding hydrogens is 266 g/mol. The van der Waals surface area contributed by atoms with E-state index in [1.807, 2.05) is 48.6 Å². The lowest BCUT2D eigenvalue weighted by molar-refractivity contribution is 0.281. The van der Waals surface area contributed by atoms with E-state index in [0.29, 0.717) is 11.4 Å². The number of aliphatic hydroxyl groups excluding tert-OH is 1. The molecule has 0 bridgehead atoms. The van der Waals surface area contributed by atoms with Gasteiger partial charge in [-0.25, -0.2) is 0 Å². The fourth-order valence-corrected chi connectivity index (χ4v) is 2.04. The molecule has 0 radical (unpaired) electrons. The van der Waals surface area contributed by atoms with Gasteiger partial charge in [0.05, 0.1) is 26.5 Å². The second kappa shape index (κ2) is 6.81. The molecule has 0 fully saturated rings.